The second kappa shape index (κ2) is 3.32. The summed E-state index contributed by atoms with van der Waals surface area (Å²) in [6.07, 6.45) is 3.95. The van der Waals surface area contributed by atoms with E-state index in [1.54, 1.807) is 0 Å². The zero-order valence-electron chi connectivity index (χ0n) is 8.20. The van der Waals surface area contributed by atoms with E-state index in [0.29, 0.717) is 6.04 Å². The molecule has 0 aliphatic heterocycles. The number of hydrogen-bond donors (Lipinski definition) is 0. The Balaban J connectivity index is 2.10. The van der Waals surface area contributed by atoms with Gasteiger partial charge in [-0.2, -0.15) is 5.10 Å². The molecule has 1 aromatic heterocycles. The van der Waals surface area contributed by atoms with Crippen molar-refractivity contribution in [1.29, 1.82) is 0 Å². The lowest BCUT2D eigenvalue weighted by Gasteiger charge is -2.35. The zero-order valence-corrected chi connectivity index (χ0v) is 8.20. The molecule has 0 unspecified atom stereocenters. The van der Waals surface area contributed by atoms with Gasteiger partial charge in [0.25, 0.3) is 0 Å². The van der Waals surface area contributed by atoms with Gasteiger partial charge in [0.1, 0.15) is 0 Å². The fraction of sp³-hybridized carbons (Fsp3) is 0.600. The Bertz CT molecular complexity index is 277. The minimum atomic E-state index is 0.692. The molecule has 3 nitrogen and oxygen atoms in total. The lowest BCUT2D eigenvalue weighted by atomic mass is 9.92. The summed E-state index contributed by atoms with van der Waals surface area (Å²) >= 11 is 0. The van der Waals surface area contributed by atoms with Crippen molar-refractivity contribution < 1.29 is 0 Å². The minimum Gasteiger partial charge on any atom is -0.355 e. The molecule has 1 saturated carbocycles. The van der Waals surface area contributed by atoms with Crippen molar-refractivity contribution in [2.45, 2.75) is 32.2 Å². The number of hydrogen-bond acceptors (Lipinski definition) is 3. The van der Waals surface area contributed by atoms with Crippen LogP contribution in [0.25, 0.3) is 0 Å². The topological polar surface area (TPSA) is 29.0 Å². The maximum atomic E-state index is 4.16. The first-order chi connectivity index (χ1) is 6.27. The monoisotopic (exact) mass is 177 g/mol. The lowest BCUT2D eigenvalue weighted by Crippen LogP contribution is -2.37. The van der Waals surface area contributed by atoms with Gasteiger partial charge in [0.05, 0.1) is 5.69 Å². The highest BCUT2D eigenvalue weighted by Crippen LogP contribution is 2.26. The Kier molecular flexibility index (Phi) is 2.17. The molecule has 0 amide bonds. The van der Waals surface area contributed by atoms with Crippen LogP contribution in [0.15, 0.2) is 12.1 Å². The number of rotatable bonds is 2. The van der Waals surface area contributed by atoms with Crippen LogP contribution in [0, 0.1) is 6.92 Å². The van der Waals surface area contributed by atoms with Crippen LogP contribution in [0.5, 0.6) is 0 Å². The summed E-state index contributed by atoms with van der Waals surface area (Å²) in [7, 11) is 2.10. The molecule has 70 valence electrons. The standard InChI is InChI=1S/C10H15N3/c1-8-6-7-10(12-11-8)13(2)9-4-3-5-9/h6-7,9H,3-5H2,1-2H3. The largest absolute Gasteiger partial charge is 0.355 e. The molecular weight excluding hydrogens is 162 g/mol. The van der Waals surface area contributed by atoms with Gasteiger partial charge in [0.2, 0.25) is 0 Å². The second-order valence-electron chi connectivity index (χ2n) is 3.73. The van der Waals surface area contributed by atoms with E-state index in [4.69, 9.17) is 0 Å². The zero-order chi connectivity index (χ0) is 9.26. The number of nitrogens with zero attached hydrogens (tertiary/aromatic N) is 3. The fourth-order valence-electron chi connectivity index (χ4n) is 1.54. The summed E-state index contributed by atoms with van der Waals surface area (Å²) < 4.78 is 0. The fourth-order valence-corrected chi connectivity index (χ4v) is 1.54. The van der Waals surface area contributed by atoms with Gasteiger partial charge in [-0.3, -0.25) is 0 Å². The Morgan fingerprint density at radius 1 is 1.31 bits per heavy atom. The summed E-state index contributed by atoms with van der Waals surface area (Å²) in [5.74, 6) is 0.996. The second-order valence-corrected chi connectivity index (χ2v) is 3.73. The molecule has 1 aromatic rings. The predicted octanol–water partition coefficient (Wildman–Crippen LogP) is 1.77. The van der Waals surface area contributed by atoms with Crippen LogP contribution in [-0.2, 0) is 0 Å². The quantitative estimate of drug-likeness (QED) is 0.689. The van der Waals surface area contributed by atoms with E-state index in [1.807, 2.05) is 19.1 Å². The van der Waals surface area contributed by atoms with Gasteiger partial charge in [0.15, 0.2) is 5.82 Å². The average molecular weight is 177 g/mol. The summed E-state index contributed by atoms with van der Waals surface area (Å²) in [6, 6.07) is 4.75. The number of anilines is 1. The normalized spacial score (nSPS) is 16.8. The molecule has 0 bridgehead atoms. The molecule has 0 saturated heterocycles. The smallest absolute Gasteiger partial charge is 0.151 e. The van der Waals surface area contributed by atoms with Crippen LogP contribution in [0.2, 0.25) is 0 Å². The van der Waals surface area contributed by atoms with Crippen LogP contribution >= 0.6 is 0 Å². The summed E-state index contributed by atoms with van der Waals surface area (Å²) in [6.45, 7) is 1.96. The Labute approximate surface area is 78.8 Å². The van der Waals surface area contributed by atoms with Crippen LogP contribution < -0.4 is 4.90 Å². The van der Waals surface area contributed by atoms with Gasteiger partial charge in [0, 0.05) is 13.1 Å². The van der Waals surface area contributed by atoms with Crippen LogP contribution in [0.3, 0.4) is 0 Å². The molecule has 13 heavy (non-hydrogen) atoms. The maximum absolute atomic E-state index is 4.16. The number of aromatic nitrogens is 2. The van der Waals surface area contributed by atoms with E-state index in [2.05, 4.69) is 22.1 Å². The molecule has 0 atom stereocenters. The Morgan fingerprint density at radius 3 is 2.54 bits per heavy atom. The summed E-state index contributed by atoms with van der Waals surface area (Å²) in [4.78, 5) is 2.23. The van der Waals surface area contributed by atoms with Gasteiger partial charge in [-0.15, -0.1) is 5.10 Å². The number of aryl methyl sites for hydroxylation is 1. The van der Waals surface area contributed by atoms with Crippen LogP contribution in [0.1, 0.15) is 25.0 Å². The Hall–Kier alpha value is -1.12. The minimum absolute atomic E-state index is 0.692. The SMILES string of the molecule is Cc1ccc(N(C)C2CCC2)nn1. The molecule has 3 heteroatoms. The highest BCUT2D eigenvalue weighted by atomic mass is 15.3. The van der Waals surface area contributed by atoms with Crippen molar-refractivity contribution in [2.75, 3.05) is 11.9 Å². The van der Waals surface area contributed by atoms with Crippen molar-refractivity contribution in [3.8, 4) is 0 Å². The molecule has 1 aliphatic carbocycles. The molecule has 0 radical (unpaired) electrons. The van der Waals surface area contributed by atoms with Crippen LogP contribution in [0.4, 0.5) is 5.82 Å². The molecule has 0 aromatic carbocycles. The summed E-state index contributed by atoms with van der Waals surface area (Å²) in [5.41, 5.74) is 0.978. The van der Waals surface area contributed by atoms with Crippen molar-refractivity contribution in [3.05, 3.63) is 17.8 Å². The summed E-state index contributed by atoms with van der Waals surface area (Å²) in [5, 5.41) is 8.21. The molecule has 1 aliphatic rings. The third-order valence-electron chi connectivity index (χ3n) is 2.77. The molecule has 0 N–H and O–H groups in total. The first-order valence-corrected chi connectivity index (χ1v) is 4.80. The third-order valence-corrected chi connectivity index (χ3v) is 2.77. The highest BCUT2D eigenvalue weighted by molar-refractivity contribution is 5.38. The van der Waals surface area contributed by atoms with Gasteiger partial charge >= 0.3 is 0 Å². The van der Waals surface area contributed by atoms with Crippen molar-refractivity contribution in [1.82, 2.24) is 10.2 Å². The molecule has 0 spiro atoms. The molecular formula is C10H15N3. The Morgan fingerprint density at radius 2 is 2.08 bits per heavy atom. The van der Waals surface area contributed by atoms with Crippen molar-refractivity contribution in [2.24, 2.45) is 0 Å². The lowest BCUT2D eigenvalue weighted by molar-refractivity contribution is 0.398. The van der Waals surface area contributed by atoms with Gasteiger partial charge in [-0.05, 0) is 38.3 Å². The van der Waals surface area contributed by atoms with Crippen molar-refractivity contribution >= 4 is 5.82 Å². The maximum Gasteiger partial charge on any atom is 0.151 e. The average Bonchev–Trinajstić information content (AvgIpc) is 2.02. The van der Waals surface area contributed by atoms with E-state index >= 15 is 0 Å². The van der Waals surface area contributed by atoms with Crippen molar-refractivity contribution in [3.63, 3.8) is 0 Å². The third kappa shape index (κ3) is 1.64. The van der Waals surface area contributed by atoms with Gasteiger partial charge in [-0.25, -0.2) is 0 Å². The first-order valence-electron chi connectivity index (χ1n) is 4.80. The molecule has 1 fully saturated rings. The first kappa shape index (κ1) is 8.48. The molecule has 1 heterocycles. The van der Waals surface area contributed by atoms with E-state index in [9.17, 15) is 0 Å². The van der Waals surface area contributed by atoms with E-state index < -0.39 is 0 Å². The molecule has 2 rings (SSSR count). The van der Waals surface area contributed by atoms with Gasteiger partial charge in [-0.1, -0.05) is 0 Å². The van der Waals surface area contributed by atoms with E-state index in [0.717, 1.165) is 11.5 Å². The predicted molar refractivity (Wildman–Crippen MR) is 52.8 cm³/mol. The van der Waals surface area contributed by atoms with E-state index in [1.165, 1.54) is 19.3 Å². The highest BCUT2D eigenvalue weighted by Gasteiger charge is 2.22. The van der Waals surface area contributed by atoms with E-state index in [-0.39, 0.29) is 0 Å². The van der Waals surface area contributed by atoms with Crippen LogP contribution in [-0.4, -0.2) is 23.3 Å². The van der Waals surface area contributed by atoms with Gasteiger partial charge < -0.3 is 4.90 Å².